The van der Waals surface area contributed by atoms with Gasteiger partial charge in [0.15, 0.2) is 0 Å². The zero-order chi connectivity index (χ0) is 44.3. The maximum atomic E-state index is 6.57. The summed E-state index contributed by atoms with van der Waals surface area (Å²) in [6.07, 6.45) is 0. The van der Waals surface area contributed by atoms with Crippen molar-refractivity contribution in [3.8, 4) is 55.6 Å². The van der Waals surface area contributed by atoms with E-state index >= 15 is 0 Å². The summed E-state index contributed by atoms with van der Waals surface area (Å²) in [6.45, 7) is 0. The summed E-state index contributed by atoms with van der Waals surface area (Å²) in [5.41, 5.74) is 18.5. The van der Waals surface area contributed by atoms with Gasteiger partial charge >= 0.3 is 0 Å². The third-order valence-electron chi connectivity index (χ3n) is 13.3. The van der Waals surface area contributed by atoms with Crippen molar-refractivity contribution < 1.29 is 8.83 Å². The van der Waals surface area contributed by atoms with Crippen molar-refractivity contribution in [1.82, 2.24) is 0 Å². The SMILES string of the molecule is c1ccc(-c2ccc(-c3ccc(N(c4ccc(-c5ccc6oc7ccccc7c6c5)cc4)c4ccc(-c5cccc6oc7c8ccccc8ccc7c56)cc4)cc3)cc2-c2ccccc2)cc1. The van der Waals surface area contributed by atoms with E-state index in [-0.39, 0.29) is 0 Å². The number of anilines is 3. The third kappa shape index (κ3) is 6.76. The summed E-state index contributed by atoms with van der Waals surface area (Å²) < 4.78 is 12.7. The van der Waals surface area contributed by atoms with Crippen molar-refractivity contribution in [2.45, 2.75) is 0 Å². The Morgan fingerprint density at radius 3 is 1.48 bits per heavy atom. The van der Waals surface area contributed by atoms with E-state index in [4.69, 9.17) is 8.83 Å². The first-order valence-corrected chi connectivity index (χ1v) is 22.8. The molecule has 0 aliphatic carbocycles. The Balaban J connectivity index is 0.895. The number of furan rings is 2. The smallest absolute Gasteiger partial charge is 0.143 e. The predicted octanol–water partition coefficient (Wildman–Crippen LogP) is 18.4. The number of fused-ring (bicyclic) bond motifs is 8. The zero-order valence-electron chi connectivity index (χ0n) is 36.4. The van der Waals surface area contributed by atoms with Gasteiger partial charge in [0.25, 0.3) is 0 Å². The van der Waals surface area contributed by atoms with Crippen molar-refractivity contribution in [1.29, 1.82) is 0 Å². The van der Waals surface area contributed by atoms with Gasteiger partial charge in [-0.2, -0.15) is 0 Å². The molecule has 3 heteroatoms. The second-order valence-electron chi connectivity index (χ2n) is 17.2. The number of hydrogen-bond acceptors (Lipinski definition) is 3. The first kappa shape index (κ1) is 38.5. The van der Waals surface area contributed by atoms with Crippen LogP contribution in [-0.2, 0) is 0 Å². The van der Waals surface area contributed by atoms with Gasteiger partial charge in [-0.05, 0) is 134 Å². The van der Waals surface area contributed by atoms with Crippen LogP contribution in [0, 0.1) is 0 Å². The van der Waals surface area contributed by atoms with Crippen LogP contribution in [0.3, 0.4) is 0 Å². The lowest BCUT2D eigenvalue weighted by Gasteiger charge is -2.26. The molecule has 13 aromatic rings. The molecule has 13 rings (SSSR count). The lowest BCUT2D eigenvalue weighted by molar-refractivity contribution is 0.669. The van der Waals surface area contributed by atoms with Crippen LogP contribution in [0.1, 0.15) is 0 Å². The Hall–Kier alpha value is -8.92. The summed E-state index contributed by atoms with van der Waals surface area (Å²) in [6, 6.07) is 88.9. The van der Waals surface area contributed by atoms with Crippen molar-refractivity contribution in [3.63, 3.8) is 0 Å². The van der Waals surface area contributed by atoms with Gasteiger partial charge in [-0.15, -0.1) is 0 Å². The molecule has 2 aromatic heterocycles. The highest BCUT2D eigenvalue weighted by molar-refractivity contribution is 6.19. The molecular weight excluding hydrogens is 815 g/mol. The molecule has 2 heterocycles. The van der Waals surface area contributed by atoms with Crippen molar-refractivity contribution in [2.24, 2.45) is 0 Å². The summed E-state index contributed by atoms with van der Waals surface area (Å²) in [5.74, 6) is 0. The van der Waals surface area contributed by atoms with Gasteiger partial charge in [0.1, 0.15) is 22.3 Å². The summed E-state index contributed by atoms with van der Waals surface area (Å²) in [5, 5.41) is 6.81. The van der Waals surface area contributed by atoms with Crippen molar-refractivity contribution >= 4 is 71.7 Å². The van der Waals surface area contributed by atoms with Gasteiger partial charge in [0.05, 0.1) is 0 Å². The minimum atomic E-state index is 0.889. The summed E-state index contributed by atoms with van der Waals surface area (Å²) in [4.78, 5) is 2.35. The molecule has 0 saturated carbocycles. The van der Waals surface area contributed by atoms with E-state index in [2.05, 4.69) is 241 Å². The van der Waals surface area contributed by atoms with Crippen LogP contribution in [0.4, 0.5) is 17.1 Å². The first-order valence-electron chi connectivity index (χ1n) is 22.8. The number of para-hydroxylation sites is 1. The number of benzene rings is 11. The lowest BCUT2D eigenvalue weighted by atomic mass is 9.91. The van der Waals surface area contributed by atoms with Crippen LogP contribution in [0.2, 0.25) is 0 Å². The largest absolute Gasteiger partial charge is 0.456 e. The van der Waals surface area contributed by atoms with Gasteiger partial charge in [0, 0.05) is 44.0 Å². The Morgan fingerprint density at radius 1 is 0.254 bits per heavy atom. The van der Waals surface area contributed by atoms with Crippen LogP contribution in [0.25, 0.3) is 110 Å². The molecule has 0 spiro atoms. The Labute approximate surface area is 388 Å². The molecule has 0 N–H and O–H groups in total. The van der Waals surface area contributed by atoms with Gasteiger partial charge in [0.2, 0.25) is 0 Å². The standard InChI is InChI=1S/C64H41NO2/c1-3-12-44(13-4-1)53-37-29-48(40-58(53)45-14-5-2-6-15-45)42-22-31-50(32-23-42)65(51-33-24-43(25-34-51)49-30-39-61-59(41-49)56-18-9-10-20-60(56)66-61)52-35-26-47(27-36-52)54-19-11-21-62-63(54)57-38-28-46-16-7-8-17-55(46)64(57)67-62/h1-41H. The molecule has 0 aliphatic heterocycles. The second-order valence-corrected chi connectivity index (χ2v) is 17.2. The maximum Gasteiger partial charge on any atom is 0.143 e. The zero-order valence-corrected chi connectivity index (χ0v) is 36.4. The molecule has 0 aliphatic rings. The minimum absolute atomic E-state index is 0.889. The fraction of sp³-hybridized carbons (Fsp3) is 0. The molecule has 0 bridgehead atoms. The average molecular weight is 856 g/mol. The van der Waals surface area contributed by atoms with Gasteiger partial charge in [-0.1, -0.05) is 176 Å². The van der Waals surface area contributed by atoms with E-state index in [0.29, 0.717) is 0 Å². The van der Waals surface area contributed by atoms with E-state index in [9.17, 15) is 0 Å². The number of nitrogens with zero attached hydrogens (tertiary/aromatic N) is 1. The number of hydrogen-bond donors (Lipinski definition) is 0. The molecule has 0 fully saturated rings. The predicted molar refractivity (Wildman–Crippen MR) is 280 cm³/mol. The van der Waals surface area contributed by atoms with Crippen molar-refractivity contribution in [3.05, 3.63) is 249 Å². The monoisotopic (exact) mass is 855 g/mol. The highest BCUT2D eigenvalue weighted by Crippen LogP contribution is 2.43. The first-order chi connectivity index (χ1) is 33.2. The summed E-state index contributed by atoms with van der Waals surface area (Å²) in [7, 11) is 0. The van der Waals surface area contributed by atoms with Gasteiger partial charge in [-0.25, -0.2) is 0 Å². The van der Waals surface area contributed by atoms with E-state index in [1.807, 2.05) is 12.1 Å². The van der Waals surface area contributed by atoms with Crippen LogP contribution >= 0.6 is 0 Å². The molecule has 0 unspecified atom stereocenters. The lowest BCUT2D eigenvalue weighted by Crippen LogP contribution is -2.09. The van der Waals surface area contributed by atoms with E-state index in [1.165, 1.54) is 33.2 Å². The summed E-state index contributed by atoms with van der Waals surface area (Å²) >= 11 is 0. The Morgan fingerprint density at radius 2 is 0.776 bits per heavy atom. The average Bonchev–Trinajstić information content (AvgIpc) is 3.99. The molecule has 3 nitrogen and oxygen atoms in total. The highest BCUT2D eigenvalue weighted by Gasteiger charge is 2.18. The third-order valence-corrected chi connectivity index (χ3v) is 13.3. The fourth-order valence-corrected chi connectivity index (χ4v) is 9.99. The minimum Gasteiger partial charge on any atom is -0.456 e. The maximum absolute atomic E-state index is 6.57. The normalized spacial score (nSPS) is 11.6. The quantitative estimate of drug-likeness (QED) is 0.152. The number of rotatable bonds is 8. The Bertz CT molecular complexity index is 3940. The van der Waals surface area contributed by atoms with Crippen LogP contribution < -0.4 is 4.90 Å². The topological polar surface area (TPSA) is 29.5 Å². The molecule has 314 valence electrons. The molecule has 67 heavy (non-hydrogen) atoms. The molecule has 0 saturated heterocycles. The Kier molecular flexibility index (Phi) is 9.17. The highest BCUT2D eigenvalue weighted by atomic mass is 16.3. The molecule has 0 amide bonds. The van der Waals surface area contributed by atoms with E-state index in [1.54, 1.807) is 0 Å². The fourth-order valence-electron chi connectivity index (χ4n) is 9.99. The van der Waals surface area contributed by atoms with Crippen LogP contribution in [0.5, 0.6) is 0 Å². The van der Waals surface area contributed by atoms with Gasteiger partial charge < -0.3 is 13.7 Å². The molecule has 11 aromatic carbocycles. The van der Waals surface area contributed by atoms with Gasteiger partial charge in [-0.3, -0.25) is 0 Å². The second kappa shape index (κ2) is 16.0. The van der Waals surface area contributed by atoms with E-state index in [0.717, 1.165) is 94.1 Å². The molecule has 0 atom stereocenters. The van der Waals surface area contributed by atoms with Crippen LogP contribution in [0.15, 0.2) is 258 Å². The van der Waals surface area contributed by atoms with Crippen LogP contribution in [-0.4, -0.2) is 0 Å². The van der Waals surface area contributed by atoms with Crippen molar-refractivity contribution in [2.75, 3.05) is 4.90 Å². The molecular formula is C64H41NO2. The van der Waals surface area contributed by atoms with E-state index < -0.39 is 0 Å². The molecule has 0 radical (unpaired) electrons.